The molecule has 12 heavy (non-hydrogen) atoms. The number of carboxylic acids is 1. The van der Waals surface area contributed by atoms with Gasteiger partial charge in [0.1, 0.15) is 0 Å². The van der Waals surface area contributed by atoms with Gasteiger partial charge in [0.05, 0.1) is 0 Å². The van der Waals surface area contributed by atoms with Crippen LogP contribution in [0.5, 0.6) is 0 Å². The van der Waals surface area contributed by atoms with Crippen LogP contribution in [0.15, 0.2) is 36.4 Å². The molecule has 0 heterocycles. The molecule has 0 bridgehead atoms. The van der Waals surface area contributed by atoms with Crippen molar-refractivity contribution in [3.05, 3.63) is 42.0 Å². The Hall–Kier alpha value is -0.830. The van der Waals surface area contributed by atoms with Crippen molar-refractivity contribution in [2.75, 3.05) is 0 Å². The predicted octanol–water partition coefficient (Wildman–Crippen LogP) is 1.78. The number of hydrogen-bond acceptors (Lipinski definition) is 1. The summed E-state index contributed by atoms with van der Waals surface area (Å²) in [5.41, 5.74) is 0.898. The van der Waals surface area contributed by atoms with E-state index < -0.39 is 5.97 Å². The SMILES string of the molecule is O=C(O)/C=C/c1ccccc1.[Ag]. The van der Waals surface area contributed by atoms with Crippen LogP contribution in [0.3, 0.4) is 0 Å². The number of rotatable bonds is 2. The van der Waals surface area contributed by atoms with Crippen molar-refractivity contribution < 1.29 is 32.3 Å². The van der Waals surface area contributed by atoms with Crippen molar-refractivity contribution in [3.63, 3.8) is 0 Å². The minimum Gasteiger partial charge on any atom is -0.478 e. The second-order valence-electron chi connectivity index (χ2n) is 2.08. The first-order valence-electron chi connectivity index (χ1n) is 3.25. The number of hydrogen-bond donors (Lipinski definition) is 1. The van der Waals surface area contributed by atoms with Crippen molar-refractivity contribution in [1.82, 2.24) is 0 Å². The Kier molecular flexibility index (Phi) is 5.37. The molecule has 0 spiro atoms. The fourth-order valence-electron chi connectivity index (χ4n) is 0.732. The van der Waals surface area contributed by atoms with Gasteiger partial charge in [-0.1, -0.05) is 30.3 Å². The maximum Gasteiger partial charge on any atom is 0.328 e. The van der Waals surface area contributed by atoms with Crippen molar-refractivity contribution in [2.24, 2.45) is 0 Å². The Morgan fingerprint density at radius 3 is 2.33 bits per heavy atom. The summed E-state index contributed by atoms with van der Waals surface area (Å²) in [5, 5.41) is 8.29. The van der Waals surface area contributed by atoms with Crippen LogP contribution < -0.4 is 0 Å². The third-order valence-corrected chi connectivity index (χ3v) is 1.22. The van der Waals surface area contributed by atoms with E-state index in [9.17, 15) is 4.79 Å². The fraction of sp³-hybridized carbons (Fsp3) is 0. The molecule has 1 aromatic carbocycles. The normalized spacial score (nSPS) is 9.33. The quantitative estimate of drug-likeness (QED) is 0.646. The first kappa shape index (κ1) is 11.2. The van der Waals surface area contributed by atoms with E-state index in [0.29, 0.717) is 0 Å². The summed E-state index contributed by atoms with van der Waals surface area (Å²) in [5.74, 6) is -0.922. The standard InChI is InChI=1S/C9H8O2.Ag/c10-9(11)7-6-8-4-2-1-3-5-8;/h1-7H,(H,10,11);/b7-6+;. The minimum absolute atomic E-state index is 0. The zero-order valence-corrected chi connectivity index (χ0v) is 7.68. The van der Waals surface area contributed by atoms with E-state index in [4.69, 9.17) is 5.11 Å². The van der Waals surface area contributed by atoms with Crippen LogP contribution in [0, 0.1) is 0 Å². The first-order chi connectivity index (χ1) is 5.29. The molecule has 3 heteroatoms. The minimum atomic E-state index is -0.922. The van der Waals surface area contributed by atoms with Crippen LogP contribution in [-0.2, 0) is 27.2 Å². The van der Waals surface area contributed by atoms with E-state index in [2.05, 4.69) is 0 Å². The van der Waals surface area contributed by atoms with Gasteiger partial charge in [-0.05, 0) is 11.6 Å². The molecule has 0 saturated carbocycles. The zero-order valence-electron chi connectivity index (χ0n) is 6.20. The molecule has 0 aliphatic rings. The largest absolute Gasteiger partial charge is 0.478 e. The van der Waals surface area contributed by atoms with Gasteiger partial charge in [0.15, 0.2) is 0 Å². The maximum atomic E-state index is 10.1. The van der Waals surface area contributed by atoms with Gasteiger partial charge in [0, 0.05) is 28.5 Å². The van der Waals surface area contributed by atoms with Gasteiger partial charge in [-0.25, -0.2) is 4.79 Å². The van der Waals surface area contributed by atoms with Crippen LogP contribution in [0.25, 0.3) is 6.08 Å². The van der Waals surface area contributed by atoms with Crippen LogP contribution in [0.2, 0.25) is 0 Å². The summed E-state index contributed by atoms with van der Waals surface area (Å²) in [6.45, 7) is 0. The molecule has 0 saturated heterocycles. The van der Waals surface area contributed by atoms with Crippen LogP contribution >= 0.6 is 0 Å². The van der Waals surface area contributed by atoms with Gasteiger partial charge in [-0.3, -0.25) is 0 Å². The van der Waals surface area contributed by atoms with Crippen molar-refractivity contribution in [1.29, 1.82) is 0 Å². The molecular weight excluding hydrogens is 248 g/mol. The Morgan fingerprint density at radius 2 is 1.83 bits per heavy atom. The summed E-state index contributed by atoms with van der Waals surface area (Å²) in [4.78, 5) is 10.1. The van der Waals surface area contributed by atoms with Gasteiger partial charge in [0.2, 0.25) is 0 Å². The maximum absolute atomic E-state index is 10.1. The molecule has 2 nitrogen and oxygen atoms in total. The van der Waals surface area contributed by atoms with Crippen molar-refractivity contribution in [3.8, 4) is 0 Å². The van der Waals surface area contributed by atoms with Crippen molar-refractivity contribution >= 4 is 12.0 Å². The Morgan fingerprint density at radius 1 is 1.25 bits per heavy atom. The van der Waals surface area contributed by atoms with Crippen LogP contribution in [-0.4, -0.2) is 11.1 Å². The van der Waals surface area contributed by atoms with Gasteiger partial charge in [-0.15, -0.1) is 0 Å². The predicted molar refractivity (Wildman–Crippen MR) is 43.1 cm³/mol. The number of benzene rings is 1. The number of carbonyl (C=O) groups is 1. The van der Waals surface area contributed by atoms with E-state index in [1.807, 2.05) is 30.3 Å². The summed E-state index contributed by atoms with van der Waals surface area (Å²) in [6, 6.07) is 9.31. The molecule has 0 aliphatic heterocycles. The third-order valence-electron chi connectivity index (χ3n) is 1.22. The first-order valence-corrected chi connectivity index (χ1v) is 3.25. The smallest absolute Gasteiger partial charge is 0.328 e. The van der Waals surface area contributed by atoms with Crippen LogP contribution in [0.4, 0.5) is 0 Å². The molecular formula is C9H8AgO2. The van der Waals surface area contributed by atoms with E-state index >= 15 is 0 Å². The number of aliphatic carboxylic acids is 1. The Labute approximate surface area is 86.4 Å². The van der Waals surface area contributed by atoms with E-state index in [0.717, 1.165) is 11.6 Å². The topological polar surface area (TPSA) is 37.3 Å². The van der Waals surface area contributed by atoms with Gasteiger partial charge in [-0.2, -0.15) is 0 Å². The molecule has 1 aromatic rings. The molecule has 1 N–H and O–H groups in total. The summed E-state index contributed by atoms with van der Waals surface area (Å²) in [6.07, 6.45) is 2.68. The van der Waals surface area contributed by atoms with Gasteiger partial charge in [0.25, 0.3) is 0 Å². The number of carboxylic acid groups (broad SMARTS) is 1. The Bertz CT molecular complexity index is 267. The monoisotopic (exact) mass is 255 g/mol. The summed E-state index contributed by atoms with van der Waals surface area (Å²) < 4.78 is 0. The molecule has 0 aliphatic carbocycles. The third kappa shape index (κ3) is 4.13. The van der Waals surface area contributed by atoms with Gasteiger partial charge >= 0.3 is 5.97 Å². The molecule has 0 amide bonds. The van der Waals surface area contributed by atoms with Crippen molar-refractivity contribution in [2.45, 2.75) is 0 Å². The summed E-state index contributed by atoms with van der Waals surface area (Å²) >= 11 is 0. The van der Waals surface area contributed by atoms with E-state index in [1.54, 1.807) is 6.08 Å². The van der Waals surface area contributed by atoms with E-state index in [-0.39, 0.29) is 22.4 Å². The van der Waals surface area contributed by atoms with Gasteiger partial charge < -0.3 is 5.11 Å². The molecule has 0 unspecified atom stereocenters. The summed E-state index contributed by atoms with van der Waals surface area (Å²) in [7, 11) is 0. The molecule has 67 valence electrons. The second-order valence-corrected chi connectivity index (χ2v) is 2.08. The average molecular weight is 256 g/mol. The molecule has 0 atom stereocenters. The Balaban J connectivity index is 0.00000121. The van der Waals surface area contributed by atoms with E-state index in [1.165, 1.54) is 0 Å². The zero-order chi connectivity index (χ0) is 8.10. The van der Waals surface area contributed by atoms with Crippen LogP contribution in [0.1, 0.15) is 5.56 Å². The fourth-order valence-corrected chi connectivity index (χ4v) is 0.732. The molecule has 1 radical (unpaired) electrons. The molecule has 0 aromatic heterocycles. The second kappa shape index (κ2) is 5.77. The average Bonchev–Trinajstić information content (AvgIpc) is 2.03. The molecule has 0 fully saturated rings. The molecule has 1 rings (SSSR count).